The predicted molar refractivity (Wildman–Crippen MR) is 151 cm³/mol. The number of thiophene rings is 1. The SMILES string of the molecule is CCOC(=O)c1sc(NC(=O)C(C)OC(=O)c2c3c(nc4ccccc24)CCN(CC)C3)c(C(=O)OCC)c1C. The van der Waals surface area contributed by atoms with E-state index in [-0.39, 0.29) is 28.7 Å². The van der Waals surface area contributed by atoms with E-state index in [0.29, 0.717) is 35.0 Å². The number of fused-ring (bicyclic) bond motifs is 2. The molecule has 3 heterocycles. The van der Waals surface area contributed by atoms with Crippen LogP contribution in [0.2, 0.25) is 0 Å². The highest BCUT2D eigenvalue weighted by atomic mass is 32.1. The van der Waals surface area contributed by atoms with Crippen molar-refractivity contribution < 1.29 is 33.4 Å². The number of ether oxygens (including phenoxy) is 3. The van der Waals surface area contributed by atoms with Gasteiger partial charge in [0.05, 0.1) is 29.9 Å². The van der Waals surface area contributed by atoms with Crippen LogP contribution in [0.3, 0.4) is 0 Å². The van der Waals surface area contributed by atoms with Gasteiger partial charge in [0.15, 0.2) is 6.10 Å². The molecule has 3 aromatic rings. The molecule has 2 aromatic heterocycles. The maximum absolute atomic E-state index is 13.6. The first kappa shape index (κ1) is 29.2. The second kappa shape index (κ2) is 12.6. The van der Waals surface area contributed by atoms with Gasteiger partial charge in [0.25, 0.3) is 5.91 Å². The summed E-state index contributed by atoms with van der Waals surface area (Å²) < 4.78 is 15.9. The molecule has 11 heteroatoms. The fraction of sp³-hybridized carbons (Fsp3) is 0.414. The number of anilines is 1. The van der Waals surface area contributed by atoms with Gasteiger partial charge in [0.2, 0.25) is 0 Å². The Morgan fingerprint density at radius 2 is 1.73 bits per heavy atom. The molecule has 40 heavy (non-hydrogen) atoms. The maximum Gasteiger partial charge on any atom is 0.348 e. The fourth-order valence-electron chi connectivity index (χ4n) is 4.68. The highest BCUT2D eigenvalue weighted by Crippen LogP contribution is 2.35. The lowest BCUT2D eigenvalue weighted by Crippen LogP contribution is -2.34. The number of nitrogens with zero attached hydrogens (tertiary/aromatic N) is 2. The summed E-state index contributed by atoms with van der Waals surface area (Å²) in [5, 5.41) is 3.44. The van der Waals surface area contributed by atoms with Crippen LogP contribution < -0.4 is 5.32 Å². The van der Waals surface area contributed by atoms with Crippen molar-refractivity contribution in [3.8, 4) is 0 Å². The van der Waals surface area contributed by atoms with E-state index >= 15 is 0 Å². The molecule has 1 aliphatic heterocycles. The van der Waals surface area contributed by atoms with Crippen LogP contribution in [-0.2, 0) is 32.0 Å². The smallest absolute Gasteiger partial charge is 0.348 e. The number of para-hydroxylation sites is 1. The third kappa shape index (κ3) is 5.85. The Balaban J connectivity index is 1.61. The Bertz CT molecular complexity index is 1470. The summed E-state index contributed by atoms with van der Waals surface area (Å²) in [7, 11) is 0. The van der Waals surface area contributed by atoms with Crippen molar-refractivity contribution in [2.24, 2.45) is 0 Å². The van der Waals surface area contributed by atoms with Crippen LogP contribution in [0.5, 0.6) is 0 Å². The minimum absolute atomic E-state index is 0.0654. The van der Waals surface area contributed by atoms with Crippen LogP contribution in [0.4, 0.5) is 5.00 Å². The van der Waals surface area contributed by atoms with Gasteiger partial charge in [0, 0.05) is 36.2 Å². The highest BCUT2D eigenvalue weighted by molar-refractivity contribution is 7.18. The van der Waals surface area contributed by atoms with Gasteiger partial charge < -0.3 is 19.5 Å². The number of esters is 3. The first-order valence-corrected chi connectivity index (χ1v) is 14.1. The van der Waals surface area contributed by atoms with Gasteiger partial charge in [0.1, 0.15) is 9.88 Å². The lowest BCUT2D eigenvalue weighted by atomic mass is 9.95. The second-order valence-corrected chi connectivity index (χ2v) is 10.3. The Morgan fingerprint density at radius 3 is 2.42 bits per heavy atom. The van der Waals surface area contributed by atoms with Crippen molar-refractivity contribution in [1.29, 1.82) is 0 Å². The van der Waals surface area contributed by atoms with E-state index in [0.717, 1.165) is 35.7 Å². The van der Waals surface area contributed by atoms with Crippen LogP contribution in [0.1, 0.15) is 74.9 Å². The summed E-state index contributed by atoms with van der Waals surface area (Å²) in [5.41, 5.74) is 3.17. The number of amides is 1. The number of aromatic nitrogens is 1. The van der Waals surface area contributed by atoms with E-state index in [1.807, 2.05) is 24.3 Å². The van der Waals surface area contributed by atoms with Crippen molar-refractivity contribution >= 4 is 51.1 Å². The summed E-state index contributed by atoms with van der Waals surface area (Å²) in [6.45, 7) is 10.9. The van der Waals surface area contributed by atoms with Gasteiger partial charge in [-0.2, -0.15) is 0 Å². The Hall–Kier alpha value is -3.83. The summed E-state index contributed by atoms with van der Waals surface area (Å²) in [4.78, 5) is 59.1. The molecule has 0 aliphatic carbocycles. The number of pyridine rings is 1. The quantitative estimate of drug-likeness (QED) is 0.294. The first-order valence-electron chi connectivity index (χ1n) is 13.3. The summed E-state index contributed by atoms with van der Waals surface area (Å²) >= 11 is 0.911. The summed E-state index contributed by atoms with van der Waals surface area (Å²) in [5.74, 6) is -2.57. The Labute approximate surface area is 236 Å². The molecule has 0 spiro atoms. The number of nitrogens with one attached hydrogen (secondary N) is 1. The lowest BCUT2D eigenvalue weighted by Gasteiger charge is -2.29. The highest BCUT2D eigenvalue weighted by Gasteiger charge is 2.31. The molecule has 1 amide bonds. The molecule has 4 rings (SSSR count). The van der Waals surface area contributed by atoms with Gasteiger partial charge >= 0.3 is 17.9 Å². The topological polar surface area (TPSA) is 124 Å². The molecule has 1 N–H and O–H groups in total. The van der Waals surface area contributed by atoms with E-state index in [1.165, 1.54) is 6.92 Å². The van der Waals surface area contributed by atoms with Gasteiger partial charge in [-0.15, -0.1) is 11.3 Å². The van der Waals surface area contributed by atoms with Gasteiger partial charge in [-0.05, 0) is 45.9 Å². The number of hydrogen-bond acceptors (Lipinski definition) is 10. The lowest BCUT2D eigenvalue weighted by molar-refractivity contribution is -0.123. The number of carbonyl (C=O) groups is 4. The normalized spacial score (nSPS) is 13.8. The largest absolute Gasteiger partial charge is 0.462 e. The van der Waals surface area contributed by atoms with Crippen molar-refractivity contribution in [3.63, 3.8) is 0 Å². The standard InChI is InChI=1S/C29H33N3O7S/c1-6-32-14-13-21-19(15-32)23(18-11-9-10-12-20(18)30-21)28(35)39-17(5)25(33)31-26-22(27(34)37-7-2)16(4)24(40-26)29(36)38-8-3/h9-12,17H,6-8,13-15H2,1-5H3,(H,31,33). The van der Waals surface area contributed by atoms with E-state index in [1.54, 1.807) is 20.8 Å². The average molecular weight is 568 g/mol. The van der Waals surface area contributed by atoms with E-state index < -0.39 is 29.9 Å². The third-order valence-electron chi connectivity index (χ3n) is 6.75. The van der Waals surface area contributed by atoms with Crippen molar-refractivity contribution in [2.45, 2.75) is 53.7 Å². The second-order valence-electron chi connectivity index (χ2n) is 9.29. The molecule has 1 atom stereocenters. The van der Waals surface area contributed by atoms with E-state index in [9.17, 15) is 19.2 Å². The minimum Gasteiger partial charge on any atom is -0.462 e. The maximum atomic E-state index is 13.6. The molecule has 1 unspecified atom stereocenters. The predicted octanol–water partition coefficient (Wildman–Crippen LogP) is 4.52. The van der Waals surface area contributed by atoms with E-state index in [2.05, 4.69) is 17.1 Å². The molecular weight excluding hydrogens is 534 g/mol. The van der Waals surface area contributed by atoms with Crippen LogP contribution in [0, 0.1) is 6.92 Å². The number of hydrogen-bond donors (Lipinski definition) is 1. The van der Waals surface area contributed by atoms with Crippen LogP contribution in [0.25, 0.3) is 10.9 Å². The van der Waals surface area contributed by atoms with E-state index in [4.69, 9.17) is 19.2 Å². The number of benzene rings is 1. The van der Waals surface area contributed by atoms with Crippen LogP contribution in [-0.4, -0.2) is 66.1 Å². The third-order valence-corrected chi connectivity index (χ3v) is 7.94. The monoisotopic (exact) mass is 567 g/mol. The fourth-order valence-corrected chi connectivity index (χ4v) is 5.77. The minimum atomic E-state index is -1.20. The first-order chi connectivity index (χ1) is 19.2. The van der Waals surface area contributed by atoms with Crippen molar-refractivity contribution in [3.05, 3.63) is 57.1 Å². The molecule has 1 aliphatic rings. The zero-order valence-electron chi connectivity index (χ0n) is 23.3. The Morgan fingerprint density at radius 1 is 1.02 bits per heavy atom. The molecule has 212 valence electrons. The number of rotatable bonds is 9. The molecule has 0 saturated heterocycles. The zero-order valence-corrected chi connectivity index (χ0v) is 24.1. The summed E-state index contributed by atoms with van der Waals surface area (Å²) in [6.07, 6.45) is -0.494. The molecule has 0 fully saturated rings. The number of likely N-dealkylation sites (N-methyl/N-ethyl adjacent to an activating group) is 1. The zero-order chi connectivity index (χ0) is 29.0. The van der Waals surface area contributed by atoms with Gasteiger partial charge in [-0.3, -0.25) is 14.7 Å². The van der Waals surface area contributed by atoms with Gasteiger partial charge in [-0.25, -0.2) is 14.4 Å². The van der Waals surface area contributed by atoms with Gasteiger partial charge in [-0.1, -0.05) is 25.1 Å². The molecular formula is C29H33N3O7S. The molecule has 0 saturated carbocycles. The molecule has 0 bridgehead atoms. The van der Waals surface area contributed by atoms with Crippen molar-refractivity contribution in [2.75, 3.05) is 31.6 Å². The van der Waals surface area contributed by atoms with Crippen LogP contribution >= 0.6 is 11.3 Å². The summed E-state index contributed by atoms with van der Waals surface area (Å²) in [6, 6.07) is 7.38. The molecule has 1 aromatic carbocycles. The average Bonchev–Trinajstić information content (AvgIpc) is 3.26. The number of carbonyl (C=O) groups excluding carboxylic acids is 4. The Kier molecular flexibility index (Phi) is 9.16. The van der Waals surface area contributed by atoms with Crippen LogP contribution in [0.15, 0.2) is 24.3 Å². The molecule has 10 nitrogen and oxygen atoms in total. The molecule has 0 radical (unpaired) electrons. The van der Waals surface area contributed by atoms with Crippen molar-refractivity contribution in [1.82, 2.24) is 9.88 Å².